The Morgan fingerprint density at radius 2 is 2.27 bits per heavy atom. The lowest BCUT2D eigenvalue weighted by molar-refractivity contribution is 0.490. The minimum Gasteiger partial charge on any atom is -0.467 e. The number of hydrogen-bond donors (Lipinski definition) is 1. The van der Waals surface area contributed by atoms with Crippen LogP contribution in [0, 0.1) is 6.92 Å². The van der Waals surface area contributed by atoms with Gasteiger partial charge in [0, 0.05) is 12.4 Å². The molecule has 0 amide bonds. The van der Waals surface area contributed by atoms with Crippen LogP contribution in [0.3, 0.4) is 0 Å². The van der Waals surface area contributed by atoms with E-state index in [0.717, 1.165) is 17.0 Å². The van der Waals surface area contributed by atoms with Crippen molar-refractivity contribution in [2.45, 2.75) is 19.9 Å². The predicted molar refractivity (Wildman–Crippen MR) is 59.7 cm³/mol. The molecule has 0 aliphatic rings. The van der Waals surface area contributed by atoms with Gasteiger partial charge in [-0.3, -0.25) is 4.98 Å². The lowest BCUT2D eigenvalue weighted by Crippen LogP contribution is -2.05. The minimum atomic E-state index is 0.156. The van der Waals surface area contributed by atoms with Crippen LogP contribution in [0.1, 0.15) is 24.3 Å². The van der Waals surface area contributed by atoms with Crippen molar-refractivity contribution in [1.29, 1.82) is 0 Å². The van der Waals surface area contributed by atoms with Crippen molar-refractivity contribution in [3.63, 3.8) is 0 Å². The van der Waals surface area contributed by atoms with E-state index in [4.69, 9.17) is 4.42 Å². The fourth-order valence-electron chi connectivity index (χ4n) is 1.49. The average molecular weight is 202 g/mol. The first-order valence-electron chi connectivity index (χ1n) is 4.97. The van der Waals surface area contributed by atoms with E-state index in [-0.39, 0.29) is 6.04 Å². The first-order chi connectivity index (χ1) is 7.25. The molecule has 0 aliphatic carbocycles. The standard InChI is InChI=1S/C12H14N2O/c1-9-6-11(8-13-7-9)14-10(2)12-4-3-5-15-12/h3-8,10,14H,1-2H3. The number of aryl methyl sites for hydroxylation is 1. The summed E-state index contributed by atoms with van der Waals surface area (Å²) in [5.74, 6) is 0.927. The predicted octanol–water partition coefficient (Wildman–Crippen LogP) is 3.16. The largest absolute Gasteiger partial charge is 0.467 e. The zero-order valence-corrected chi connectivity index (χ0v) is 8.90. The summed E-state index contributed by atoms with van der Waals surface area (Å²) in [5, 5.41) is 3.33. The fourth-order valence-corrected chi connectivity index (χ4v) is 1.49. The number of nitrogens with zero attached hydrogens (tertiary/aromatic N) is 1. The molecule has 15 heavy (non-hydrogen) atoms. The Balaban J connectivity index is 2.09. The van der Waals surface area contributed by atoms with Crippen LogP contribution in [-0.4, -0.2) is 4.98 Å². The maximum absolute atomic E-state index is 5.31. The molecule has 2 heterocycles. The first kappa shape index (κ1) is 9.77. The number of aromatic nitrogens is 1. The molecular formula is C12H14N2O. The van der Waals surface area contributed by atoms with Crippen LogP contribution in [0.15, 0.2) is 41.3 Å². The van der Waals surface area contributed by atoms with Crippen molar-refractivity contribution in [2.24, 2.45) is 0 Å². The third kappa shape index (κ3) is 2.37. The molecule has 2 aromatic heterocycles. The number of pyridine rings is 1. The van der Waals surface area contributed by atoms with Crippen molar-refractivity contribution in [3.8, 4) is 0 Å². The average Bonchev–Trinajstić information content (AvgIpc) is 2.70. The van der Waals surface area contributed by atoms with Crippen molar-refractivity contribution < 1.29 is 4.42 Å². The molecule has 78 valence electrons. The smallest absolute Gasteiger partial charge is 0.125 e. The van der Waals surface area contributed by atoms with E-state index >= 15 is 0 Å². The van der Waals surface area contributed by atoms with Crippen LogP contribution in [0.5, 0.6) is 0 Å². The Morgan fingerprint density at radius 3 is 2.93 bits per heavy atom. The molecule has 1 atom stereocenters. The SMILES string of the molecule is Cc1cncc(NC(C)c2ccco2)c1. The maximum atomic E-state index is 5.31. The van der Waals surface area contributed by atoms with Gasteiger partial charge in [-0.2, -0.15) is 0 Å². The van der Waals surface area contributed by atoms with Gasteiger partial charge in [0.2, 0.25) is 0 Å². The summed E-state index contributed by atoms with van der Waals surface area (Å²) in [6.07, 6.45) is 5.33. The van der Waals surface area contributed by atoms with Gasteiger partial charge in [-0.15, -0.1) is 0 Å². The molecule has 0 fully saturated rings. The topological polar surface area (TPSA) is 38.1 Å². The van der Waals surface area contributed by atoms with Crippen LogP contribution < -0.4 is 5.32 Å². The monoisotopic (exact) mass is 202 g/mol. The summed E-state index contributed by atoms with van der Waals surface area (Å²) >= 11 is 0. The molecule has 0 aromatic carbocycles. The second kappa shape index (κ2) is 4.17. The summed E-state index contributed by atoms with van der Waals surface area (Å²) in [7, 11) is 0. The summed E-state index contributed by atoms with van der Waals surface area (Å²) < 4.78 is 5.31. The second-order valence-corrected chi connectivity index (χ2v) is 3.63. The highest BCUT2D eigenvalue weighted by molar-refractivity contribution is 5.44. The third-order valence-corrected chi connectivity index (χ3v) is 2.23. The highest BCUT2D eigenvalue weighted by Crippen LogP contribution is 2.19. The summed E-state index contributed by atoms with van der Waals surface area (Å²) in [4.78, 5) is 4.13. The maximum Gasteiger partial charge on any atom is 0.125 e. The van der Waals surface area contributed by atoms with E-state index in [1.165, 1.54) is 0 Å². The highest BCUT2D eigenvalue weighted by atomic mass is 16.3. The molecule has 3 nitrogen and oxygen atoms in total. The van der Waals surface area contributed by atoms with Crippen molar-refractivity contribution in [2.75, 3.05) is 5.32 Å². The minimum absolute atomic E-state index is 0.156. The highest BCUT2D eigenvalue weighted by Gasteiger charge is 2.07. The summed E-state index contributed by atoms with van der Waals surface area (Å²) in [5.41, 5.74) is 2.16. The van der Waals surface area contributed by atoms with Gasteiger partial charge in [0.1, 0.15) is 5.76 Å². The zero-order valence-electron chi connectivity index (χ0n) is 8.90. The molecular weight excluding hydrogens is 188 g/mol. The Labute approximate surface area is 89.1 Å². The lowest BCUT2D eigenvalue weighted by Gasteiger charge is -2.12. The van der Waals surface area contributed by atoms with E-state index in [2.05, 4.69) is 23.3 Å². The quantitative estimate of drug-likeness (QED) is 0.830. The van der Waals surface area contributed by atoms with Gasteiger partial charge in [0.05, 0.1) is 18.0 Å². The molecule has 1 unspecified atom stereocenters. The number of rotatable bonds is 3. The van der Waals surface area contributed by atoms with Gasteiger partial charge in [0.15, 0.2) is 0 Å². The molecule has 0 saturated carbocycles. The van der Waals surface area contributed by atoms with Crippen molar-refractivity contribution in [1.82, 2.24) is 4.98 Å². The zero-order chi connectivity index (χ0) is 10.7. The molecule has 0 saturated heterocycles. The Kier molecular flexibility index (Phi) is 2.72. The van der Waals surface area contributed by atoms with Gasteiger partial charge >= 0.3 is 0 Å². The number of hydrogen-bond acceptors (Lipinski definition) is 3. The van der Waals surface area contributed by atoms with Gasteiger partial charge in [0.25, 0.3) is 0 Å². The first-order valence-corrected chi connectivity index (χ1v) is 4.97. The van der Waals surface area contributed by atoms with Gasteiger partial charge in [-0.1, -0.05) is 0 Å². The van der Waals surface area contributed by atoms with E-state index in [1.54, 1.807) is 6.26 Å². The molecule has 3 heteroatoms. The van der Waals surface area contributed by atoms with E-state index < -0.39 is 0 Å². The normalized spacial score (nSPS) is 12.4. The molecule has 1 N–H and O–H groups in total. The van der Waals surface area contributed by atoms with E-state index in [0.29, 0.717) is 0 Å². The lowest BCUT2D eigenvalue weighted by atomic mass is 10.2. The Hall–Kier alpha value is -1.77. The van der Waals surface area contributed by atoms with Gasteiger partial charge in [-0.25, -0.2) is 0 Å². The summed E-state index contributed by atoms with van der Waals surface area (Å²) in [6.45, 7) is 4.08. The second-order valence-electron chi connectivity index (χ2n) is 3.63. The Morgan fingerprint density at radius 1 is 1.40 bits per heavy atom. The molecule has 2 aromatic rings. The molecule has 0 bridgehead atoms. The van der Waals surface area contributed by atoms with Crippen molar-refractivity contribution in [3.05, 3.63) is 48.2 Å². The van der Waals surface area contributed by atoms with E-state index in [1.807, 2.05) is 31.5 Å². The fraction of sp³-hybridized carbons (Fsp3) is 0.250. The molecule has 0 radical (unpaired) electrons. The van der Waals surface area contributed by atoms with Crippen LogP contribution >= 0.6 is 0 Å². The van der Waals surface area contributed by atoms with Gasteiger partial charge < -0.3 is 9.73 Å². The van der Waals surface area contributed by atoms with Gasteiger partial charge in [-0.05, 0) is 37.6 Å². The van der Waals surface area contributed by atoms with Crippen LogP contribution in [-0.2, 0) is 0 Å². The van der Waals surface area contributed by atoms with Crippen LogP contribution in [0.4, 0.5) is 5.69 Å². The molecule has 0 spiro atoms. The number of anilines is 1. The van der Waals surface area contributed by atoms with Crippen molar-refractivity contribution >= 4 is 5.69 Å². The summed E-state index contributed by atoms with van der Waals surface area (Å²) in [6, 6.07) is 6.07. The van der Waals surface area contributed by atoms with Crippen LogP contribution in [0.25, 0.3) is 0 Å². The molecule has 2 rings (SSSR count). The van der Waals surface area contributed by atoms with E-state index in [9.17, 15) is 0 Å². The Bertz CT molecular complexity index is 423. The molecule has 0 aliphatic heterocycles. The number of nitrogens with one attached hydrogen (secondary N) is 1. The number of furan rings is 1. The van der Waals surface area contributed by atoms with Crippen LogP contribution in [0.2, 0.25) is 0 Å². The third-order valence-electron chi connectivity index (χ3n) is 2.23.